The highest BCUT2D eigenvalue weighted by Gasteiger charge is 2.02. The summed E-state index contributed by atoms with van der Waals surface area (Å²) in [4.78, 5) is 4.57. The zero-order valence-electron chi connectivity index (χ0n) is 6.96. The van der Waals surface area contributed by atoms with Gasteiger partial charge >= 0.3 is 0 Å². The van der Waals surface area contributed by atoms with Crippen molar-refractivity contribution in [2.24, 2.45) is 5.90 Å². The minimum atomic E-state index is -0.225. The molecule has 0 aliphatic rings. The number of rotatable bonds is 3. The molecule has 0 aliphatic carbocycles. The van der Waals surface area contributed by atoms with Crippen molar-refractivity contribution in [3.05, 3.63) is 35.6 Å². The summed E-state index contributed by atoms with van der Waals surface area (Å²) in [5.41, 5.74) is 0.896. The van der Waals surface area contributed by atoms with Crippen molar-refractivity contribution in [3.8, 4) is 0 Å². The molecule has 2 N–H and O–H groups in total. The summed E-state index contributed by atoms with van der Waals surface area (Å²) < 4.78 is 12.6. The van der Waals surface area contributed by atoms with Crippen molar-refractivity contribution in [2.45, 2.75) is 19.4 Å². The lowest BCUT2D eigenvalue weighted by molar-refractivity contribution is 0.0670. The quantitative estimate of drug-likeness (QED) is 0.698. The van der Waals surface area contributed by atoms with Crippen LogP contribution in [0.15, 0.2) is 24.3 Å². The highest BCUT2D eigenvalue weighted by molar-refractivity contribution is 5.16. The first-order valence-corrected chi connectivity index (χ1v) is 3.82. The molecule has 0 aromatic heterocycles. The predicted molar refractivity (Wildman–Crippen MR) is 44.8 cm³/mol. The van der Waals surface area contributed by atoms with Crippen molar-refractivity contribution in [3.63, 3.8) is 0 Å². The van der Waals surface area contributed by atoms with Crippen LogP contribution in [-0.2, 0) is 11.3 Å². The molecule has 66 valence electrons. The Morgan fingerprint density at radius 2 is 2.33 bits per heavy atom. The van der Waals surface area contributed by atoms with Crippen LogP contribution >= 0.6 is 0 Å². The first-order valence-electron chi connectivity index (χ1n) is 3.82. The lowest BCUT2D eigenvalue weighted by Gasteiger charge is -2.07. The molecule has 1 aromatic carbocycles. The molecule has 1 aromatic rings. The van der Waals surface area contributed by atoms with E-state index in [2.05, 4.69) is 4.84 Å². The van der Waals surface area contributed by atoms with Crippen LogP contribution in [0.3, 0.4) is 0 Å². The van der Waals surface area contributed by atoms with Gasteiger partial charge in [-0.3, -0.25) is 0 Å². The summed E-state index contributed by atoms with van der Waals surface area (Å²) in [5.74, 6) is 4.74. The number of hydrogen-bond donors (Lipinski definition) is 1. The van der Waals surface area contributed by atoms with Gasteiger partial charge in [0.15, 0.2) is 0 Å². The Balaban J connectivity index is 2.63. The van der Waals surface area contributed by atoms with Crippen LogP contribution in [0.5, 0.6) is 0 Å². The van der Waals surface area contributed by atoms with Crippen molar-refractivity contribution in [1.29, 1.82) is 0 Å². The van der Waals surface area contributed by atoms with Gasteiger partial charge in [0.05, 0.1) is 6.10 Å². The smallest absolute Gasteiger partial charge is 0.123 e. The molecule has 0 saturated heterocycles. The van der Waals surface area contributed by atoms with Gasteiger partial charge in [-0.05, 0) is 24.6 Å². The molecule has 1 atom stereocenters. The topological polar surface area (TPSA) is 35.2 Å². The maximum Gasteiger partial charge on any atom is 0.123 e. The minimum absolute atomic E-state index is 0.0770. The summed E-state index contributed by atoms with van der Waals surface area (Å²) in [7, 11) is 0. The van der Waals surface area contributed by atoms with Crippen LogP contribution < -0.4 is 5.90 Å². The molecule has 0 radical (unpaired) electrons. The Morgan fingerprint density at radius 1 is 1.58 bits per heavy atom. The van der Waals surface area contributed by atoms with E-state index in [0.717, 1.165) is 5.56 Å². The molecule has 2 nitrogen and oxygen atoms in total. The van der Waals surface area contributed by atoms with Crippen molar-refractivity contribution < 1.29 is 9.23 Å². The zero-order valence-corrected chi connectivity index (χ0v) is 6.96. The SMILES string of the molecule is CC(Cc1cccc(F)c1)ON. The number of hydrogen-bond acceptors (Lipinski definition) is 2. The first-order chi connectivity index (χ1) is 5.72. The molecule has 0 bridgehead atoms. The van der Waals surface area contributed by atoms with E-state index >= 15 is 0 Å². The summed E-state index contributed by atoms with van der Waals surface area (Å²) in [6, 6.07) is 6.42. The van der Waals surface area contributed by atoms with Crippen molar-refractivity contribution in [1.82, 2.24) is 0 Å². The van der Waals surface area contributed by atoms with Crippen molar-refractivity contribution >= 4 is 0 Å². The van der Waals surface area contributed by atoms with E-state index < -0.39 is 0 Å². The molecule has 0 spiro atoms. The molecule has 0 saturated carbocycles. The average molecular weight is 169 g/mol. The van der Waals surface area contributed by atoms with Gasteiger partial charge < -0.3 is 4.84 Å². The highest BCUT2D eigenvalue weighted by Crippen LogP contribution is 2.06. The molecule has 0 fully saturated rings. The van der Waals surface area contributed by atoms with E-state index in [1.54, 1.807) is 6.07 Å². The lowest BCUT2D eigenvalue weighted by Crippen LogP contribution is -2.15. The molecular weight excluding hydrogens is 157 g/mol. The van der Waals surface area contributed by atoms with Gasteiger partial charge in [0.1, 0.15) is 5.82 Å². The molecule has 1 unspecified atom stereocenters. The van der Waals surface area contributed by atoms with E-state index in [0.29, 0.717) is 6.42 Å². The Labute approximate surface area is 71.1 Å². The number of halogens is 1. The van der Waals surface area contributed by atoms with Crippen LogP contribution in [-0.4, -0.2) is 6.10 Å². The Morgan fingerprint density at radius 3 is 2.92 bits per heavy atom. The maximum absolute atomic E-state index is 12.6. The second-order valence-electron chi connectivity index (χ2n) is 2.78. The van der Waals surface area contributed by atoms with E-state index in [-0.39, 0.29) is 11.9 Å². The second kappa shape index (κ2) is 4.18. The average Bonchev–Trinajstić information content (AvgIpc) is 2.04. The molecular formula is C9H12FNO. The molecule has 1 rings (SSSR count). The van der Waals surface area contributed by atoms with Crippen LogP contribution in [0.1, 0.15) is 12.5 Å². The van der Waals surface area contributed by atoms with Gasteiger partial charge in [-0.15, -0.1) is 0 Å². The van der Waals surface area contributed by atoms with Gasteiger partial charge in [0, 0.05) is 6.42 Å². The third kappa shape index (κ3) is 2.60. The molecule has 3 heteroatoms. The number of benzene rings is 1. The van der Waals surface area contributed by atoms with Crippen molar-refractivity contribution in [2.75, 3.05) is 0 Å². The third-order valence-electron chi connectivity index (χ3n) is 1.64. The summed E-state index contributed by atoms with van der Waals surface area (Å²) in [6.45, 7) is 1.84. The molecule has 0 heterocycles. The normalized spacial score (nSPS) is 12.9. The van der Waals surface area contributed by atoms with Gasteiger partial charge in [-0.25, -0.2) is 10.3 Å². The van der Waals surface area contributed by atoms with Gasteiger partial charge in [0.2, 0.25) is 0 Å². The second-order valence-corrected chi connectivity index (χ2v) is 2.78. The minimum Gasteiger partial charge on any atom is -0.301 e. The standard InChI is InChI=1S/C9H12FNO/c1-7(12-11)5-8-3-2-4-9(10)6-8/h2-4,6-7H,5,11H2,1H3. The van der Waals surface area contributed by atoms with Crippen LogP contribution in [0.4, 0.5) is 4.39 Å². The van der Waals surface area contributed by atoms with Crippen LogP contribution in [0.25, 0.3) is 0 Å². The number of nitrogens with two attached hydrogens (primary N) is 1. The van der Waals surface area contributed by atoms with Gasteiger partial charge in [-0.2, -0.15) is 0 Å². The van der Waals surface area contributed by atoms with Crippen LogP contribution in [0, 0.1) is 5.82 Å². The monoisotopic (exact) mass is 169 g/mol. The van der Waals surface area contributed by atoms with Gasteiger partial charge in [-0.1, -0.05) is 12.1 Å². The Kier molecular flexibility index (Phi) is 3.19. The van der Waals surface area contributed by atoms with Gasteiger partial charge in [0.25, 0.3) is 0 Å². The predicted octanol–water partition coefficient (Wildman–Crippen LogP) is 1.65. The third-order valence-corrected chi connectivity index (χ3v) is 1.64. The summed E-state index contributed by atoms with van der Waals surface area (Å²) >= 11 is 0. The summed E-state index contributed by atoms with van der Waals surface area (Å²) in [6.07, 6.45) is 0.556. The highest BCUT2D eigenvalue weighted by atomic mass is 19.1. The fourth-order valence-electron chi connectivity index (χ4n) is 1.04. The first kappa shape index (κ1) is 9.16. The van der Waals surface area contributed by atoms with E-state index in [1.807, 2.05) is 13.0 Å². The molecule has 12 heavy (non-hydrogen) atoms. The van der Waals surface area contributed by atoms with E-state index in [1.165, 1.54) is 12.1 Å². The zero-order chi connectivity index (χ0) is 8.97. The van der Waals surface area contributed by atoms with E-state index in [4.69, 9.17) is 5.90 Å². The molecule has 0 aliphatic heterocycles. The fraction of sp³-hybridized carbons (Fsp3) is 0.333. The van der Waals surface area contributed by atoms with E-state index in [9.17, 15) is 4.39 Å². The Bertz CT molecular complexity index is 252. The fourth-order valence-corrected chi connectivity index (χ4v) is 1.04. The largest absolute Gasteiger partial charge is 0.301 e. The lowest BCUT2D eigenvalue weighted by atomic mass is 10.1. The molecule has 0 amide bonds. The van der Waals surface area contributed by atoms with Crippen LogP contribution in [0.2, 0.25) is 0 Å². The Hall–Kier alpha value is -0.930. The summed E-state index contributed by atoms with van der Waals surface area (Å²) in [5, 5.41) is 0. The maximum atomic E-state index is 12.6.